The van der Waals surface area contributed by atoms with Gasteiger partial charge < -0.3 is 10.5 Å². The maximum atomic E-state index is 11.9. The predicted molar refractivity (Wildman–Crippen MR) is 46.4 cm³/mol. The van der Waals surface area contributed by atoms with Crippen molar-refractivity contribution in [2.45, 2.75) is 6.36 Å². The van der Waals surface area contributed by atoms with Gasteiger partial charge in [-0.1, -0.05) is 0 Å². The summed E-state index contributed by atoms with van der Waals surface area (Å²) in [7, 11) is 0. The van der Waals surface area contributed by atoms with Crippen LogP contribution in [0.1, 0.15) is 15.9 Å². The fraction of sp³-hybridized carbons (Fsp3) is 0.111. The van der Waals surface area contributed by atoms with E-state index in [1.807, 2.05) is 0 Å². The summed E-state index contributed by atoms with van der Waals surface area (Å²) < 4.78 is 39.3. The highest BCUT2D eigenvalue weighted by Gasteiger charge is 2.32. The van der Waals surface area contributed by atoms with Crippen molar-refractivity contribution < 1.29 is 22.7 Å². The Bertz CT molecular complexity index is 463. The molecule has 16 heavy (non-hydrogen) atoms. The zero-order chi connectivity index (χ0) is 12.3. The Kier molecular flexibility index (Phi) is 3.04. The minimum atomic E-state index is -4.89. The van der Waals surface area contributed by atoms with Gasteiger partial charge in [-0.2, -0.15) is 5.26 Å². The number of ether oxygens (including phenoxy) is 1. The van der Waals surface area contributed by atoms with E-state index in [2.05, 4.69) is 4.74 Å². The van der Waals surface area contributed by atoms with Crippen LogP contribution in [-0.4, -0.2) is 12.3 Å². The Morgan fingerprint density at radius 1 is 1.44 bits per heavy atom. The van der Waals surface area contributed by atoms with Gasteiger partial charge in [0.2, 0.25) is 5.91 Å². The van der Waals surface area contributed by atoms with E-state index in [4.69, 9.17) is 11.0 Å². The highest BCUT2D eigenvalue weighted by molar-refractivity contribution is 5.93. The summed E-state index contributed by atoms with van der Waals surface area (Å²) in [5, 5.41) is 8.57. The summed E-state index contributed by atoms with van der Waals surface area (Å²) in [6, 6.07) is 4.33. The van der Waals surface area contributed by atoms with E-state index in [1.165, 1.54) is 6.07 Å². The minimum absolute atomic E-state index is 0.0638. The third-order valence-corrected chi connectivity index (χ3v) is 1.61. The van der Waals surface area contributed by atoms with Gasteiger partial charge in [-0.15, -0.1) is 13.2 Å². The van der Waals surface area contributed by atoms with Crippen LogP contribution in [0, 0.1) is 11.3 Å². The lowest BCUT2D eigenvalue weighted by atomic mass is 10.1. The fourth-order valence-electron chi connectivity index (χ4n) is 0.984. The molecule has 2 N–H and O–H groups in total. The molecule has 0 bridgehead atoms. The van der Waals surface area contributed by atoms with Gasteiger partial charge in [0.1, 0.15) is 11.8 Å². The number of nitrogens with two attached hydrogens (primary N) is 1. The molecule has 0 saturated carbocycles. The molecule has 0 heterocycles. The molecule has 4 nitrogen and oxygen atoms in total. The normalized spacial score (nSPS) is 10.6. The number of halogens is 3. The first-order chi connectivity index (χ1) is 7.33. The summed E-state index contributed by atoms with van der Waals surface area (Å²) in [5.41, 5.74) is 4.43. The maximum Gasteiger partial charge on any atom is 0.573 e. The molecule has 0 saturated heterocycles. The highest BCUT2D eigenvalue weighted by atomic mass is 19.4. The lowest BCUT2D eigenvalue weighted by Crippen LogP contribution is -2.18. The molecule has 0 aliphatic heterocycles. The van der Waals surface area contributed by atoms with E-state index in [0.29, 0.717) is 0 Å². The van der Waals surface area contributed by atoms with Gasteiger partial charge in [-0.05, 0) is 18.2 Å². The number of alkyl halides is 3. The average molecular weight is 230 g/mol. The molecule has 1 rings (SSSR count). The largest absolute Gasteiger partial charge is 0.573 e. The Labute approximate surface area is 88.0 Å². The van der Waals surface area contributed by atoms with Crippen LogP contribution in [0.2, 0.25) is 0 Å². The van der Waals surface area contributed by atoms with Gasteiger partial charge in [0.15, 0.2) is 0 Å². The molecule has 7 heteroatoms. The molecule has 0 fully saturated rings. The number of carbonyl (C=O) groups excluding carboxylic acids is 1. The Morgan fingerprint density at radius 2 is 2.06 bits per heavy atom. The molecular formula is C9H5F3N2O2. The lowest BCUT2D eigenvalue weighted by Gasteiger charge is -2.10. The van der Waals surface area contributed by atoms with Crippen LogP contribution in [0.3, 0.4) is 0 Å². The van der Waals surface area contributed by atoms with Crippen molar-refractivity contribution in [2.75, 3.05) is 0 Å². The van der Waals surface area contributed by atoms with Gasteiger partial charge in [0.05, 0.1) is 5.56 Å². The van der Waals surface area contributed by atoms with Crippen molar-refractivity contribution >= 4 is 5.91 Å². The summed E-state index contributed by atoms with van der Waals surface area (Å²) in [6.07, 6.45) is -4.89. The SMILES string of the molecule is N#Cc1cc(C(N)=O)ccc1OC(F)(F)F. The van der Waals surface area contributed by atoms with Gasteiger partial charge in [-0.3, -0.25) is 4.79 Å². The third kappa shape index (κ3) is 2.88. The number of primary amides is 1. The zero-order valence-electron chi connectivity index (χ0n) is 7.71. The fourth-order valence-corrected chi connectivity index (χ4v) is 0.984. The van der Waals surface area contributed by atoms with Crippen LogP contribution < -0.4 is 10.5 Å². The molecule has 0 radical (unpaired) electrons. The molecular weight excluding hydrogens is 225 g/mol. The van der Waals surface area contributed by atoms with E-state index in [9.17, 15) is 18.0 Å². The molecule has 1 aromatic carbocycles. The van der Waals surface area contributed by atoms with E-state index in [0.717, 1.165) is 18.2 Å². The molecule has 84 valence electrons. The van der Waals surface area contributed by atoms with E-state index < -0.39 is 23.6 Å². The van der Waals surface area contributed by atoms with E-state index in [1.54, 1.807) is 0 Å². The maximum absolute atomic E-state index is 11.9. The Morgan fingerprint density at radius 3 is 2.50 bits per heavy atom. The van der Waals surface area contributed by atoms with Crippen LogP contribution >= 0.6 is 0 Å². The van der Waals surface area contributed by atoms with Crippen molar-refractivity contribution in [2.24, 2.45) is 5.73 Å². The predicted octanol–water partition coefficient (Wildman–Crippen LogP) is 1.56. The first-order valence-electron chi connectivity index (χ1n) is 3.93. The average Bonchev–Trinajstić information content (AvgIpc) is 2.15. The molecule has 0 unspecified atom stereocenters. The first-order valence-corrected chi connectivity index (χ1v) is 3.93. The Hall–Kier alpha value is -2.23. The smallest absolute Gasteiger partial charge is 0.404 e. The first kappa shape index (κ1) is 11.8. The molecule has 0 aliphatic carbocycles. The number of nitrogens with zero attached hydrogens (tertiary/aromatic N) is 1. The second-order valence-electron chi connectivity index (χ2n) is 2.73. The molecule has 0 atom stereocenters. The second kappa shape index (κ2) is 4.10. The molecule has 0 aromatic heterocycles. The van der Waals surface area contributed by atoms with Crippen molar-refractivity contribution in [3.05, 3.63) is 29.3 Å². The third-order valence-electron chi connectivity index (χ3n) is 1.61. The van der Waals surface area contributed by atoms with Gasteiger partial charge in [-0.25, -0.2) is 0 Å². The number of hydrogen-bond acceptors (Lipinski definition) is 3. The van der Waals surface area contributed by atoms with Crippen LogP contribution in [0.15, 0.2) is 18.2 Å². The van der Waals surface area contributed by atoms with Gasteiger partial charge in [0.25, 0.3) is 0 Å². The number of carbonyl (C=O) groups is 1. The number of hydrogen-bond donors (Lipinski definition) is 1. The molecule has 1 aromatic rings. The highest BCUT2D eigenvalue weighted by Crippen LogP contribution is 2.26. The minimum Gasteiger partial charge on any atom is -0.404 e. The van der Waals surface area contributed by atoms with Crippen molar-refractivity contribution in [1.29, 1.82) is 5.26 Å². The van der Waals surface area contributed by atoms with Crippen molar-refractivity contribution in [3.8, 4) is 11.8 Å². The standard InChI is InChI=1S/C9H5F3N2O2/c10-9(11,12)16-7-2-1-5(8(14)15)3-6(7)4-13/h1-3H,(H2,14,15). The number of benzene rings is 1. The molecule has 0 spiro atoms. The quantitative estimate of drug-likeness (QED) is 0.837. The Balaban J connectivity index is 3.14. The van der Waals surface area contributed by atoms with Crippen LogP contribution in [0.4, 0.5) is 13.2 Å². The van der Waals surface area contributed by atoms with Crippen molar-refractivity contribution in [3.63, 3.8) is 0 Å². The summed E-state index contributed by atoms with van der Waals surface area (Å²) in [6.45, 7) is 0. The topological polar surface area (TPSA) is 76.1 Å². The van der Waals surface area contributed by atoms with Gasteiger partial charge >= 0.3 is 6.36 Å². The number of rotatable bonds is 2. The zero-order valence-corrected chi connectivity index (χ0v) is 7.71. The summed E-state index contributed by atoms with van der Waals surface area (Å²) in [5.74, 6) is -1.50. The van der Waals surface area contributed by atoms with Gasteiger partial charge in [0, 0.05) is 5.56 Å². The van der Waals surface area contributed by atoms with Crippen LogP contribution in [0.25, 0.3) is 0 Å². The monoisotopic (exact) mass is 230 g/mol. The second-order valence-corrected chi connectivity index (χ2v) is 2.73. The lowest BCUT2D eigenvalue weighted by molar-refractivity contribution is -0.274. The van der Waals surface area contributed by atoms with Crippen molar-refractivity contribution in [1.82, 2.24) is 0 Å². The molecule has 1 amide bonds. The summed E-state index contributed by atoms with van der Waals surface area (Å²) >= 11 is 0. The van der Waals surface area contributed by atoms with E-state index >= 15 is 0 Å². The van der Waals surface area contributed by atoms with Crippen LogP contribution in [0.5, 0.6) is 5.75 Å². The number of nitriles is 1. The number of amides is 1. The van der Waals surface area contributed by atoms with Crippen LogP contribution in [-0.2, 0) is 0 Å². The summed E-state index contributed by atoms with van der Waals surface area (Å²) in [4.78, 5) is 10.7. The molecule has 0 aliphatic rings. The van der Waals surface area contributed by atoms with E-state index in [-0.39, 0.29) is 5.56 Å².